The van der Waals surface area contributed by atoms with Crippen molar-refractivity contribution in [2.24, 2.45) is 0 Å². The number of likely N-dealkylation sites (tertiary alicyclic amines) is 2. The number of anilines is 1. The number of nitrogens with zero attached hydrogens (tertiary/aromatic N) is 2. The summed E-state index contributed by atoms with van der Waals surface area (Å²) < 4.78 is 5.97. The molecule has 1 N–H and O–H groups in total. The SMILES string of the molecule is CC(C)(C)Oc1ccccc1NC(=O)N1CCC(N2CCCC2)CC1. The van der Waals surface area contributed by atoms with Crippen LogP contribution >= 0.6 is 0 Å². The summed E-state index contributed by atoms with van der Waals surface area (Å²) >= 11 is 0. The maximum atomic E-state index is 12.7. The van der Waals surface area contributed by atoms with Gasteiger partial charge in [0.2, 0.25) is 0 Å². The third kappa shape index (κ3) is 4.88. The lowest BCUT2D eigenvalue weighted by Gasteiger charge is -2.36. The summed E-state index contributed by atoms with van der Waals surface area (Å²) in [7, 11) is 0. The molecule has 0 unspecified atom stereocenters. The number of ether oxygens (including phenoxy) is 1. The zero-order valence-corrected chi connectivity index (χ0v) is 15.8. The highest BCUT2D eigenvalue weighted by Crippen LogP contribution is 2.28. The van der Waals surface area contributed by atoms with Gasteiger partial charge in [-0.05, 0) is 71.7 Å². The van der Waals surface area contributed by atoms with Gasteiger partial charge in [-0.3, -0.25) is 0 Å². The lowest BCUT2D eigenvalue weighted by molar-refractivity contribution is 0.131. The number of hydrogen-bond donors (Lipinski definition) is 1. The summed E-state index contributed by atoms with van der Waals surface area (Å²) in [6.45, 7) is 10.1. The highest BCUT2D eigenvalue weighted by atomic mass is 16.5. The van der Waals surface area contributed by atoms with Crippen LogP contribution in [0.1, 0.15) is 46.5 Å². The van der Waals surface area contributed by atoms with Crippen LogP contribution in [0.5, 0.6) is 5.75 Å². The molecule has 2 aliphatic rings. The minimum absolute atomic E-state index is 0.0233. The Morgan fingerprint density at radius 1 is 1.08 bits per heavy atom. The van der Waals surface area contributed by atoms with Crippen LogP contribution in [0, 0.1) is 0 Å². The molecule has 0 spiro atoms. The summed E-state index contributed by atoms with van der Waals surface area (Å²) in [5, 5.41) is 3.04. The van der Waals surface area contributed by atoms with Crippen molar-refractivity contribution in [1.82, 2.24) is 9.80 Å². The molecule has 0 atom stereocenters. The van der Waals surface area contributed by atoms with E-state index in [4.69, 9.17) is 4.74 Å². The second kappa shape index (κ2) is 7.65. The van der Waals surface area contributed by atoms with Gasteiger partial charge in [-0.1, -0.05) is 12.1 Å². The fourth-order valence-corrected chi connectivity index (χ4v) is 3.72. The van der Waals surface area contributed by atoms with Crippen LogP contribution in [0.2, 0.25) is 0 Å². The quantitative estimate of drug-likeness (QED) is 0.902. The second-order valence-electron chi connectivity index (χ2n) is 8.10. The van der Waals surface area contributed by atoms with Crippen molar-refractivity contribution in [1.29, 1.82) is 0 Å². The number of rotatable bonds is 3. The molecular weight excluding hydrogens is 314 g/mol. The van der Waals surface area contributed by atoms with E-state index in [-0.39, 0.29) is 11.6 Å². The molecule has 0 aliphatic carbocycles. The third-order valence-electron chi connectivity index (χ3n) is 4.95. The molecule has 2 heterocycles. The molecule has 5 nitrogen and oxygen atoms in total. The molecule has 138 valence electrons. The first-order valence-corrected chi connectivity index (χ1v) is 9.50. The fraction of sp³-hybridized carbons (Fsp3) is 0.650. The van der Waals surface area contributed by atoms with E-state index >= 15 is 0 Å². The molecule has 2 amide bonds. The van der Waals surface area contributed by atoms with E-state index in [9.17, 15) is 4.79 Å². The van der Waals surface area contributed by atoms with Crippen LogP contribution in [-0.2, 0) is 0 Å². The summed E-state index contributed by atoms with van der Waals surface area (Å²) in [5.74, 6) is 0.718. The average molecular weight is 345 g/mol. The Labute approximate surface area is 151 Å². The van der Waals surface area contributed by atoms with Gasteiger partial charge >= 0.3 is 6.03 Å². The molecule has 0 aromatic heterocycles. The number of urea groups is 1. The van der Waals surface area contributed by atoms with Gasteiger partial charge in [0, 0.05) is 19.1 Å². The van der Waals surface area contributed by atoms with E-state index in [0.29, 0.717) is 6.04 Å². The maximum Gasteiger partial charge on any atom is 0.321 e. The number of amides is 2. The molecule has 2 saturated heterocycles. The first-order valence-electron chi connectivity index (χ1n) is 9.50. The number of benzene rings is 1. The Hall–Kier alpha value is -1.75. The van der Waals surface area contributed by atoms with Crippen LogP contribution in [0.4, 0.5) is 10.5 Å². The van der Waals surface area contributed by atoms with Gasteiger partial charge in [-0.25, -0.2) is 4.79 Å². The molecule has 25 heavy (non-hydrogen) atoms. The van der Waals surface area contributed by atoms with Gasteiger partial charge in [-0.2, -0.15) is 0 Å². The molecule has 0 radical (unpaired) electrons. The molecule has 1 aromatic rings. The predicted octanol–water partition coefficient (Wildman–Crippen LogP) is 3.96. The Kier molecular flexibility index (Phi) is 5.52. The van der Waals surface area contributed by atoms with Crippen molar-refractivity contribution in [2.75, 3.05) is 31.5 Å². The van der Waals surface area contributed by atoms with Gasteiger partial charge in [0.05, 0.1) is 5.69 Å². The minimum Gasteiger partial charge on any atom is -0.486 e. The van der Waals surface area contributed by atoms with E-state index in [1.54, 1.807) is 0 Å². The van der Waals surface area contributed by atoms with Crippen LogP contribution in [0.15, 0.2) is 24.3 Å². The van der Waals surface area contributed by atoms with Crippen molar-refractivity contribution < 1.29 is 9.53 Å². The number of nitrogens with one attached hydrogen (secondary N) is 1. The lowest BCUT2D eigenvalue weighted by Crippen LogP contribution is -2.47. The molecule has 0 bridgehead atoms. The van der Waals surface area contributed by atoms with E-state index in [0.717, 1.165) is 37.4 Å². The average Bonchev–Trinajstić information content (AvgIpc) is 3.10. The zero-order chi connectivity index (χ0) is 17.9. The summed E-state index contributed by atoms with van der Waals surface area (Å²) in [5.41, 5.74) is 0.443. The molecule has 3 rings (SSSR count). The summed E-state index contributed by atoms with van der Waals surface area (Å²) in [4.78, 5) is 17.2. The smallest absolute Gasteiger partial charge is 0.321 e. The number of hydrogen-bond acceptors (Lipinski definition) is 3. The van der Waals surface area contributed by atoms with Crippen molar-refractivity contribution in [3.05, 3.63) is 24.3 Å². The predicted molar refractivity (Wildman–Crippen MR) is 101 cm³/mol. The van der Waals surface area contributed by atoms with Crippen molar-refractivity contribution in [2.45, 2.75) is 58.1 Å². The monoisotopic (exact) mass is 345 g/mol. The lowest BCUT2D eigenvalue weighted by atomic mass is 10.0. The highest BCUT2D eigenvalue weighted by molar-refractivity contribution is 5.91. The number of carbonyl (C=O) groups is 1. The van der Waals surface area contributed by atoms with Gasteiger partial charge < -0.3 is 19.9 Å². The topological polar surface area (TPSA) is 44.8 Å². The molecule has 5 heteroatoms. The van der Waals surface area contributed by atoms with E-state index in [1.165, 1.54) is 25.9 Å². The van der Waals surface area contributed by atoms with Gasteiger partial charge in [-0.15, -0.1) is 0 Å². The van der Waals surface area contributed by atoms with Crippen LogP contribution in [-0.4, -0.2) is 53.7 Å². The van der Waals surface area contributed by atoms with Crippen molar-refractivity contribution in [3.8, 4) is 5.75 Å². The molecule has 0 saturated carbocycles. The largest absolute Gasteiger partial charge is 0.486 e. The Morgan fingerprint density at radius 3 is 2.36 bits per heavy atom. The van der Waals surface area contributed by atoms with Crippen LogP contribution in [0.3, 0.4) is 0 Å². The third-order valence-corrected chi connectivity index (χ3v) is 4.95. The molecular formula is C20H31N3O2. The minimum atomic E-state index is -0.297. The Balaban J connectivity index is 1.56. The Bertz CT molecular complexity index is 583. The first kappa shape index (κ1) is 18.1. The molecule has 1 aromatic carbocycles. The van der Waals surface area contributed by atoms with Crippen molar-refractivity contribution >= 4 is 11.7 Å². The first-order chi connectivity index (χ1) is 11.9. The molecule has 2 aliphatic heterocycles. The van der Waals surface area contributed by atoms with Crippen LogP contribution in [0.25, 0.3) is 0 Å². The number of carbonyl (C=O) groups excluding carboxylic acids is 1. The second-order valence-corrected chi connectivity index (χ2v) is 8.10. The summed E-state index contributed by atoms with van der Waals surface area (Å²) in [6, 6.07) is 8.28. The van der Waals surface area contributed by atoms with E-state index < -0.39 is 0 Å². The van der Waals surface area contributed by atoms with Crippen LogP contribution < -0.4 is 10.1 Å². The van der Waals surface area contributed by atoms with Crippen molar-refractivity contribution in [3.63, 3.8) is 0 Å². The normalized spacial score (nSPS) is 19.9. The van der Waals surface area contributed by atoms with Gasteiger partial charge in [0.15, 0.2) is 0 Å². The Morgan fingerprint density at radius 2 is 1.72 bits per heavy atom. The van der Waals surface area contributed by atoms with Gasteiger partial charge in [0.25, 0.3) is 0 Å². The number of para-hydroxylation sites is 2. The van der Waals surface area contributed by atoms with E-state index in [2.05, 4.69) is 10.2 Å². The highest BCUT2D eigenvalue weighted by Gasteiger charge is 2.28. The molecule has 2 fully saturated rings. The van der Waals surface area contributed by atoms with Gasteiger partial charge in [0.1, 0.15) is 11.4 Å². The summed E-state index contributed by atoms with van der Waals surface area (Å²) in [6.07, 6.45) is 4.80. The zero-order valence-electron chi connectivity index (χ0n) is 15.8. The maximum absolute atomic E-state index is 12.7. The fourth-order valence-electron chi connectivity index (χ4n) is 3.72. The standard InChI is InChI=1S/C20H31N3O2/c1-20(2,3)25-18-9-5-4-8-17(18)21-19(24)23-14-10-16(11-15-23)22-12-6-7-13-22/h4-5,8-9,16H,6-7,10-15H2,1-3H3,(H,21,24). The number of piperidine rings is 1. The van der Waals surface area contributed by atoms with E-state index in [1.807, 2.05) is 49.9 Å².